The number of nitrogens with two attached hydrogens (primary N) is 1. The first-order valence-corrected chi connectivity index (χ1v) is 9.83. The first-order chi connectivity index (χ1) is 11.3. The Labute approximate surface area is 144 Å². The van der Waals surface area contributed by atoms with Gasteiger partial charge in [0.2, 0.25) is 15.9 Å². The molecule has 7 heteroatoms. The van der Waals surface area contributed by atoms with Crippen molar-refractivity contribution in [3.05, 3.63) is 29.3 Å². The Balaban J connectivity index is 2.05. The Hall–Kier alpha value is -1.44. The molecule has 0 bridgehead atoms. The highest BCUT2D eigenvalue weighted by atomic mass is 32.2. The lowest BCUT2D eigenvalue weighted by molar-refractivity contribution is -0.133. The Morgan fingerprint density at radius 2 is 1.79 bits per heavy atom. The minimum atomic E-state index is -3.52. The smallest absolute Gasteiger partial charge is 0.243 e. The maximum absolute atomic E-state index is 12.8. The van der Waals surface area contributed by atoms with Gasteiger partial charge in [-0.3, -0.25) is 4.79 Å². The molecule has 1 aromatic carbocycles. The summed E-state index contributed by atoms with van der Waals surface area (Å²) in [5.41, 5.74) is 7.90. The fourth-order valence-corrected chi connectivity index (χ4v) is 4.35. The monoisotopic (exact) mass is 353 g/mol. The molecular formula is C17H27N3O3S. The van der Waals surface area contributed by atoms with E-state index in [9.17, 15) is 13.2 Å². The molecule has 24 heavy (non-hydrogen) atoms. The molecule has 0 spiro atoms. The van der Waals surface area contributed by atoms with Crippen LogP contribution >= 0.6 is 0 Å². The Morgan fingerprint density at radius 3 is 2.33 bits per heavy atom. The molecule has 6 nitrogen and oxygen atoms in total. The predicted octanol–water partition coefficient (Wildman–Crippen LogP) is 1.26. The maximum atomic E-state index is 12.8. The van der Waals surface area contributed by atoms with E-state index in [0.29, 0.717) is 37.5 Å². The van der Waals surface area contributed by atoms with Crippen molar-refractivity contribution < 1.29 is 13.2 Å². The van der Waals surface area contributed by atoms with Gasteiger partial charge in [-0.2, -0.15) is 4.31 Å². The highest BCUT2D eigenvalue weighted by molar-refractivity contribution is 7.89. The van der Waals surface area contributed by atoms with E-state index >= 15 is 0 Å². The number of benzene rings is 1. The molecule has 0 radical (unpaired) electrons. The van der Waals surface area contributed by atoms with Gasteiger partial charge in [0.25, 0.3) is 0 Å². The fraction of sp³-hybridized carbons (Fsp3) is 0.588. The van der Waals surface area contributed by atoms with E-state index in [4.69, 9.17) is 5.73 Å². The Morgan fingerprint density at radius 1 is 1.17 bits per heavy atom. The fourth-order valence-electron chi connectivity index (χ4n) is 2.84. The van der Waals surface area contributed by atoms with Crippen LogP contribution in [0, 0.1) is 13.8 Å². The lowest BCUT2D eigenvalue weighted by atomic mass is 10.1. The van der Waals surface area contributed by atoms with Gasteiger partial charge in [0.1, 0.15) is 0 Å². The molecule has 1 saturated heterocycles. The summed E-state index contributed by atoms with van der Waals surface area (Å²) in [5.74, 6) is -0.0833. The van der Waals surface area contributed by atoms with Crippen LogP contribution in [0.25, 0.3) is 0 Å². The highest BCUT2D eigenvalue weighted by Crippen LogP contribution is 2.20. The van der Waals surface area contributed by atoms with E-state index in [1.807, 2.05) is 26.8 Å². The van der Waals surface area contributed by atoms with E-state index in [2.05, 4.69) is 0 Å². The quantitative estimate of drug-likeness (QED) is 0.864. The minimum absolute atomic E-state index is 0.0833. The van der Waals surface area contributed by atoms with Gasteiger partial charge in [-0.1, -0.05) is 19.4 Å². The average Bonchev–Trinajstić information content (AvgIpc) is 2.57. The SMILES string of the molecule is CCCC(N)C(=O)N1CCN(S(=O)(=O)c2ccc(C)c(C)c2)CC1. The van der Waals surface area contributed by atoms with Crippen molar-refractivity contribution in [3.63, 3.8) is 0 Å². The van der Waals surface area contributed by atoms with Crippen LogP contribution in [0.4, 0.5) is 0 Å². The molecule has 1 heterocycles. The topological polar surface area (TPSA) is 83.7 Å². The predicted molar refractivity (Wildman–Crippen MR) is 94.1 cm³/mol. The first-order valence-electron chi connectivity index (χ1n) is 8.39. The third kappa shape index (κ3) is 3.96. The van der Waals surface area contributed by atoms with Gasteiger partial charge in [0, 0.05) is 26.2 Å². The van der Waals surface area contributed by atoms with Crippen molar-refractivity contribution in [2.75, 3.05) is 26.2 Å². The third-order valence-corrected chi connectivity index (χ3v) is 6.48. The number of piperazine rings is 1. The van der Waals surface area contributed by atoms with Gasteiger partial charge in [0.05, 0.1) is 10.9 Å². The van der Waals surface area contributed by atoms with Crippen molar-refractivity contribution in [1.29, 1.82) is 0 Å². The molecule has 1 fully saturated rings. The molecule has 1 aromatic rings. The standard InChI is InChI=1S/C17H27N3O3S/c1-4-5-16(18)17(21)19-8-10-20(11-9-19)24(22,23)15-7-6-13(2)14(3)12-15/h6-7,12,16H,4-5,8-11,18H2,1-3H3. The normalized spacial score (nSPS) is 17.8. The number of aryl methyl sites for hydroxylation is 2. The number of carbonyl (C=O) groups excluding carboxylic acids is 1. The number of amides is 1. The van der Waals surface area contributed by atoms with E-state index in [0.717, 1.165) is 17.5 Å². The summed E-state index contributed by atoms with van der Waals surface area (Å²) in [5, 5.41) is 0. The van der Waals surface area contributed by atoms with Crippen molar-refractivity contribution in [2.45, 2.75) is 44.6 Å². The minimum Gasteiger partial charge on any atom is -0.339 e. The molecule has 1 aliphatic heterocycles. The molecule has 1 atom stereocenters. The van der Waals surface area contributed by atoms with Crippen LogP contribution in [-0.4, -0.2) is 55.8 Å². The molecule has 0 aliphatic carbocycles. The molecule has 0 saturated carbocycles. The Bertz CT molecular complexity index is 695. The van der Waals surface area contributed by atoms with Crippen LogP contribution < -0.4 is 5.73 Å². The van der Waals surface area contributed by atoms with Crippen molar-refractivity contribution in [2.24, 2.45) is 5.73 Å². The number of nitrogens with zero attached hydrogens (tertiary/aromatic N) is 2. The zero-order valence-corrected chi connectivity index (χ0v) is 15.5. The van der Waals surface area contributed by atoms with Gasteiger partial charge in [0.15, 0.2) is 0 Å². The Kier molecular flexibility index (Phi) is 6.01. The summed E-state index contributed by atoms with van der Waals surface area (Å²) in [6.45, 7) is 7.23. The molecule has 0 aromatic heterocycles. The molecule has 1 amide bonds. The number of hydrogen-bond acceptors (Lipinski definition) is 4. The van der Waals surface area contributed by atoms with E-state index in [1.165, 1.54) is 4.31 Å². The van der Waals surface area contributed by atoms with Gasteiger partial charge in [-0.25, -0.2) is 8.42 Å². The summed E-state index contributed by atoms with van der Waals surface area (Å²) >= 11 is 0. The summed E-state index contributed by atoms with van der Waals surface area (Å²) in [6, 6.07) is 4.69. The number of sulfonamides is 1. The first kappa shape index (κ1) is 18.9. The second kappa shape index (κ2) is 7.63. The van der Waals surface area contributed by atoms with Gasteiger partial charge in [-0.15, -0.1) is 0 Å². The average molecular weight is 353 g/mol. The van der Waals surface area contributed by atoms with Gasteiger partial charge < -0.3 is 10.6 Å². The van der Waals surface area contributed by atoms with Crippen LogP contribution in [0.3, 0.4) is 0 Å². The van der Waals surface area contributed by atoms with Gasteiger partial charge >= 0.3 is 0 Å². The zero-order chi connectivity index (χ0) is 17.9. The van der Waals surface area contributed by atoms with E-state index < -0.39 is 16.1 Å². The lowest BCUT2D eigenvalue weighted by Gasteiger charge is -2.35. The molecule has 1 unspecified atom stereocenters. The summed E-state index contributed by atoms with van der Waals surface area (Å²) < 4.78 is 27.0. The summed E-state index contributed by atoms with van der Waals surface area (Å²) in [6.07, 6.45) is 1.51. The summed E-state index contributed by atoms with van der Waals surface area (Å²) in [4.78, 5) is 14.2. The maximum Gasteiger partial charge on any atom is 0.243 e. The second-order valence-electron chi connectivity index (χ2n) is 6.37. The van der Waals surface area contributed by atoms with Crippen LogP contribution in [0.2, 0.25) is 0 Å². The van der Waals surface area contributed by atoms with E-state index in [1.54, 1.807) is 17.0 Å². The van der Waals surface area contributed by atoms with E-state index in [-0.39, 0.29) is 5.91 Å². The van der Waals surface area contributed by atoms with Crippen LogP contribution in [0.15, 0.2) is 23.1 Å². The van der Waals surface area contributed by atoms with Crippen LogP contribution in [-0.2, 0) is 14.8 Å². The number of hydrogen-bond donors (Lipinski definition) is 1. The van der Waals surface area contributed by atoms with Crippen molar-refractivity contribution >= 4 is 15.9 Å². The van der Waals surface area contributed by atoms with Crippen molar-refractivity contribution in [1.82, 2.24) is 9.21 Å². The number of carbonyl (C=O) groups is 1. The molecule has 134 valence electrons. The molecular weight excluding hydrogens is 326 g/mol. The molecule has 2 rings (SSSR count). The zero-order valence-electron chi connectivity index (χ0n) is 14.7. The van der Waals surface area contributed by atoms with Crippen LogP contribution in [0.1, 0.15) is 30.9 Å². The third-order valence-electron chi connectivity index (χ3n) is 4.58. The van der Waals surface area contributed by atoms with Crippen molar-refractivity contribution in [3.8, 4) is 0 Å². The summed E-state index contributed by atoms with van der Waals surface area (Å²) in [7, 11) is -3.52. The second-order valence-corrected chi connectivity index (χ2v) is 8.31. The highest BCUT2D eigenvalue weighted by Gasteiger charge is 2.31. The van der Waals surface area contributed by atoms with Gasteiger partial charge in [-0.05, 0) is 43.5 Å². The molecule has 2 N–H and O–H groups in total. The van der Waals surface area contributed by atoms with Crippen LogP contribution in [0.5, 0.6) is 0 Å². The lowest BCUT2D eigenvalue weighted by Crippen LogP contribution is -2.54. The largest absolute Gasteiger partial charge is 0.339 e. The molecule has 1 aliphatic rings. The number of rotatable bonds is 5.